The Kier molecular flexibility index (Phi) is 1.28. The molecule has 0 aromatic rings. The Hall–Kier alpha value is 0.189. The Morgan fingerprint density at radius 2 is 2.50 bits per heavy atom. The van der Waals surface area contributed by atoms with Crippen molar-refractivity contribution in [2.24, 2.45) is 0 Å². The summed E-state index contributed by atoms with van der Waals surface area (Å²) in [5.74, 6) is 0. The molecular weight excluding hydrogens is 141 g/mol. The van der Waals surface area contributed by atoms with E-state index in [2.05, 4.69) is 20.9 Å². The zero-order chi connectivity index (χ0) is 4.41. The Balaban J connectivity index is 2.37. The van der Waals surface area contributed by atoms with E-state index in [4.69, 9.17) is 0 Å². The molecule has 0 amide bonds. The Labute approximate surface area is 45.5 Å². The first-order valence-electron chi connectivity index (χ1n) is 2.16. The van der Waals surface area contributed by atoms with Crippen molar-refractivity contribution in [2.45, 2.75) is 12.8 Å². The topological polar surface area (TPSA) is 12.0 Å². The molecule has 34 valence electrons. The molecule has 0 atom stereocenters. The van der Waals surface area contributed by atoms with Gasteiger partial charge in [-0.05, 0) is 0 Å². The Bertz CT molecular complexity index is 61.9. The zero-order valence-corrected chi connectivity index (χ0v) is 5.24. The average Bonchev–Trinajstić information content (AvgIpc) is 1.86. The predicted octanol–water partition coefficient (Wildman–Crippen LogP) is -0.332. The van der Waals surface area contributed by atoms with E-state index in [1.165, 1.54) is 23.9 Å². The van der Waals surface area contributed by atoms with Crippen molar-refractivity contribution in [3.63, 3.8) is 0 Å². The number of nitrogens with one attached hydrogen (secondary N) is 1. The minimum absolute atomic E-state index is 1.17. The SMILES string of the molecule is [Se]=C1CCCN1. The van der Waals surface area contributed by atoms with Crippen LogP contribution in [-0.2, 0) is 0 Å². The van der Waals surface area contributed by atoms with Crippen LogP contribution in [0.5, 0.6) is 0 Å². The van der Waals surface area contributed by atoms with Gasteiger partial charge in [0.2, 0.25) is 0 Å². The van der Waals surface area contributed by atoms with Crippen molar-refractivity contribution in [3.05, 3.63) is 0 Å². The van der Waals surface area contributed by atoms with Crippen molar-refractivity contribution in [1.82, 2.24) is 5.32 Å². The molecule has 1 N–H and O–H groups in total. The molecule has 1 rings (SSSR count). The third-order valence-corrected chi connectivity index (χ3v) is 1.63. The van der Waals surface area contributed by atoms with Crippen LogP contribution in [0, 0.1) is 0 Å². The number of hydrogen-bond acceptors (Lipinski definition) is 1. The Morgan fingerprint density at radius 1 is 1.67 bits per heavy atom. The van der Waals surface area contributed by atoms with E-state index in [0.717, 1.165) is 0 Å². The molecule has 1 heterocycles. The van der Waals surface area contributed by atoms with Gasteiger partial charge in [0.15, 0.2) is 0 Å². The molecule has 0 aliphatic carbocycles. The van der Waals surface area contributed by atoms with E-state index in [-0.39, 0.29) is 0 Å². The third-order valence-electron chi connectivity index (χ3n) is 0.903. The van der Waals surface area contributed by atoms with Crippen LogP contribution in [0.4, 0.5) is 0 Å². The summed E-state index contributed by atoms with van der Waals surface area (Å²) in [6.07, 6.45) is 2.54. The molecule has 1 nitrogen and oxygen atoms in total. The van der Waals surface area contributed by atoms with Crippen LogP contribution in [0.25, 0.3) is 0 Å². The van der Waals surface area contributed by atoms with E-state index in [1.807, 2.05) is 0 Å². The fraction of sp³-hybridized carbons (Fsp3) is 0.750. The number of rotatable bonds is 0. The first-order valence-corrected chi connectivity index (χ1v) is 3.02. The second kappa shape index (κ2) is 1.76. The van der Waals surface area contributed by atoms with Crippen molar-refractivity contribution in [3.8, 4) is 0 Å². The van der Waals surface area contributed by atoms with Crippen molar-refractivity contribution < 1.29 is 0 Å². The van der Waals surface area contributed by atoms with Gasteiger partial charge in [0.1, 0.15) is 0 Å². The fourth-order valence-electron chi connectivity index (χ4n) is 0.565. The summed E-state index contributed by atoms with van der Waals surface area (Å²) in [5, 5.41) is 3.18. The molecule has 0 saturated carbocycles. The molecule has 0 bridgehead atoms. The van der Waals surface area contributed by atoms with Crippen LogP contribution < -0.4 is 5.32 Å². The maximum atomic E-state index is 3.18. The molecule has 0 radical (unpaired) electrons. The molecule has 1 fully saturated rings. The molecule has 1 aliphatic heterocycles. The summed E-state index contributed by atoms with van der Waals surface area (Å²) in [4.78, 5) is 0. The van der Waals surface area contributed by atoms with Gasteiger partial charge in [-0.2, -0.15) is 0 Å². The Morgan fingerprint density at radius 3 is 2.67 bits per heavy atom. The standard InChI is InChI=1S/C4H7NSe/c6-4-2-1-3-5-4/h1-3H2,(H,5,6). The van der Waals surface area contributed by atoms with E-state index in [9.17, 15) is 0 Å². The van der Waals surface area contributed by atoms with E-state index in [1.54, 1.807) is 0 Å². The quantitative estimate of drug-likeness (QED) is 0.464. The average molecular weight is 148 g/mol. The van der Waals surface area contributed by atoms with Gasteiger partial charge in [-0.1, -0.05) is 0 Å². The molecule has 0 aromatic heterocycles. The fourth-order valence-corrected chi connectivity index (χ4v) is 1.08. The van der Waals surface area contributed by atoms with Gasteiger partial charge in [-0.15, -0.1) is 0 Å². The second-order valence-corrected chi connectivity index (χ2v) is 2.49. The van der Waals surface area contributed by atoms with Gasteiger partial charge in [-0.25, -0.2) is 0 Å². The van der Waals surface area contributed by atoms with Gasteiger partial charge in [0, 0.05) is 0 Å². The monoisotopic (exact) mass is 149 g/mol. The van der Waals surface area contributed by atoms with Crippen LogP contribution in [0.15, 0.2) is 0 Å². The number of hydrogen-bond donors (Lipinski definition) is 1. The van der Waals surface area contributed by atoms with Crippen LogP contribution in [-0.4, -0.2) is 26.7 Å². The molecule has 0 unspecified atom stereocenters. The zero-order valence-electron chi connectivity index (χ0n) is 3.53. The van der Waals surface area contributed by atoms with Crippen molar-refractivity contribution in [1.29, 1.82) is 0 Å². The van der Waals surface area contributed by atoms with Gasteiger partial charge >= 0.3 is 44.8 Å². The van der Waals surface area contributed by atoms with Gasteiger partial charge in [-0.3, -0.25) is 0 Å². The van der Waals surface area contributed by atoms with Gasteiger partial charge < -0.3 is 0 Å². The summed E-state index contributed by atoms with van der Waals surface area (Å²) >= 11 is 2.94. The normalized spacial score (nSPS) is 21.0. The summed E-state index contributed by atoms with van der Waals surface area (Å²) in [6.45, 7) is 1.17. The summed E-state index contributed by atoms with van der Waals surface area (Å²) in [7, 11) is 0. The van der Waals surface area contributed by atoms with Crippen molar-refractivity contribution >= 4 is 20.1 Å². The molecule has 6 heavy (non-hydrogen) atoms. The first kappa shape index (κ1) is 4.35. The molecule has 1 aliphatic rings. The van der Waals surface area contributed by atoms with Crippen LogP contribution >= 0.6 is 0 Å². The molecular formula is C4H7NSe. The van der Waals surface area contributed by atoms with Crippen LogP contribution in [0.2, 0.25) is 0 Å². The summed E-state index contributed by atoms with van der Waals surface area (Å²) < 4.78 is 1.33. The van der Waals surface area contributed by atoms with Crippen LogP contribution in [0.1, 0.15) is 12.8 Å². The van der Waals surface area contributed by atoms with E-state index >= 15 is 0 Å². The maximum absolute atomic E-state index is 3.18. The summed E-state index contributed by atoms with van der Waals surface area (Å²) in [6, 6.07) is 0. The molecule has 1 saturated heterocycles. The predicted molar refractivity (Wildman–Crippen MR) is 28.0 cm³/mol. The molecule has 2 heteroatoms. The van der Waals surface area contributed by atoms with E-state index in [0.29, 0.717) is 0 Å². The first-order chi connectivity index (χ1) is 2.89. The van der Waals surface area contributed by atoms with Gasteiger partial charge in [0.05, 0.1) is 0 Å². The van der Waals surface area contributed by atoms with Crippen LogP contribution in [0.3, 0.4) is 0 Å². The summed E-state index contributed by atoms with van der Waals surface area (Å²) in [5.41, 5.74) is 0. The third kappa shape index (κ3) is 0.825. The van der Waals surface area contributed by atoms with E-state index < -0.39 is 0 Å². The second-order valence-electron chi connectivity index (χ2n) is 1.45. The molecule has 0 spiro atoms. The van der Waals surface area contributed by atoms with Crippen molar-refractivity contribution in [2.75, 3.05) is 6.54 Å². The molecule has 0 aromatic carbocycles. The minimum atomic E-state index is 1.17. The van der Waals surface area contributed by atoms with Gasteiger partial charge in [0.25, 0.3) is 0 Å².